The Morgan fingerprint density at radius 2 is 2.30 bits per heavy atom. The van der Waals surface area contributed by atoms with Gasteiger partial charge in [-0.2, -0.15) is 0 Å². The summed E-state index contributed by atoms with van der Waals surface area (Å²) < 4.78 is 0. The van der Waals surface area contributed by atoms with Crippen molar-refractivity contribution in [3.05, 3.63) is 12.2 Å². The molecule has 56 valence electrons. The highest BCUT2D eigenvalue weighted by atomic mass is 35.5. The zero-order valence-corrected chi connectivity index (χ0v) is 6.27. The fourth-order valence-corrected chi connectivity index (χ4v) is 1.19. The zero-order valence-electron chi connectivity index (χ0n) is 5.51. The van der Waals surface area contributed by atoms with E-state index >= 15 is 0 Å². The van der Waals surface area contributed by atoms with Crippen molar-refractivity contribution in [2.24, 2.45) is 0 Å². The molecule has 0 amide bonds. The summed E-state index contributed by atoms with van der Waals surface area (Å²) in [6, 6.07) is 0. The van der Waals surface area contributed by atoms with Gasteiger partial charge >= 0.3 is 5.97 Å². The van der Waals surface area contributed by atoms with Crippen LogP contribution in [0.5, 0.6) is 0 Å². The van der Waals surface area contributed by atoms with Crippen LogP contribution in [0.15, 0.2) is 12.2 Å². The van der Waals surface area contributed by atoms with Gasteiger partial charge in [0.1, 0.15) is 4.87 Å². The maximum absolute atomic E-state index is 10.5. The third-order valence-corrected chi connectivity index (χ3v) is 2.20. The number of hydrogen-bond acceptors (Lipinski definition) is 1. The summed E-state index contributed by atoms with van der Waals surface area (Å²) in [5.41, 5.74) is 0. The van der Waals surface area contributed by atoms with Crippen molar-refractivity contribution in [3.63, 3.8) is 0 Å². The van der Waals surface area contributed by atoms with Gasteiger partial charge in [-0.1, -0.05) is 12.2 Å². The predicted molar refractivity (Wildman–Crippen MR) is 39.2 cm³/mol. The van der Waals surface area contributed by atoms with Crippen molar-refractivity contribution in [1.29, 1.82) is 0 Å². The van der Waals surface area contributed by atoms with Crippen LogP contribution in [0.1, 0.15) is 19.3 Å². The Labute approximate surface area is 64.5 Å². The number of carboxylic acids is 1. The molecule has 1 aliphatic rings. The summed E-state index contributed by atoms with van der Waals surface area (Å²) in [5.74, 6) is -0.904. The molecule has 3 heteroatoms. The summed E-state index contributed by atoms with van der Waals surface area (Å²) in [6.07, 6.45) is 5.55. The van der Waals surface area contributed by atoms with Crippen LogP contribution in [0.2, 0.25) is 0 Å². The van der Waals surface area contributed by atoms with Gasteiger partial charge in [0.15, 0.2) is 0 Å². The molecule has 0 aromatic carbocycles. The third kappa shape index (κ3) is 1.32. The van der Waals surface area contributed by atoms with Crippen molar-refractivity contribution in [3.8, 4) is 0 Å². The van der Waals surface area contributed by atoms with E-state index in [1.54, 1.807) is 0 Å². The van der Waals surface area contributed by atoms with Gasteiger partial charge in [-0.15, -0.1) is 11.6 Å². The molecule has 0 fully saturated rings. The van der Waals surface area contributed by atoms with Crippen molar-refractivity contribution in [1.82, 2.24) is 0 Å². The second kappa shape index (κ2) is 2.62. The molecule has 1 unspecified atom stereocenters. The van der Waals surface area contributed by atoms with Crippen molar-refractivity contribution in [2.45, 2.75) is 24.1 Å². The lowest BCUT2D eigenvalue weighted by molar-refractivity contribution is -0.140. The molecule has 10 heavy (non-hydrogen) atoms. The average molecular weight is 161 g/mol. The zero-order chi connectivity index (χ0) is 7.61. The number of allylic oxidation sites excluding steroid dienone is 2. The Kier molecular flexibility index (Phi) is 2.00. The van der Waals surface area contributed by atoms with E-state index in [2.05, 4.69) is 0 Å². The van der Waals surface area contributed by atoms with Crippen LogP contribution in [0.4, 0.5) is 0 Å². The van der Waals surface area contributed by atoms with Crippen LogP contribution >= 0.6 is 11.6 Å². The summed E-state index contributed by atoms with van der Waals surface area (Å²) >= 11 is 5.76. The first-order chi connectivity index (χ1) is 4.65. The first kappa shape index (κ1) is 7.61. The minimum absolute atomic E-state index is 0.448. The molecule has 1 rings (SSSR count). The minimum atomic E-state index is -1.02. The highest BCUT2D eigenvalue weighted by Crippen LogP contribution is 2.30. The van der Waals surface area contributed by atoms with E-state index in [-0.39, 0.29) is 0 Å². The molecule has 1 atom stereocenters. The molecule has 0 bridgehead atoms. The summed E-state index contributed by atoms with van der Waals surface area (Å²) in [5, 5.41) is 8.63. The fourth-order valence-electron chi connectivity index (χ4n) is 0.996. The maximum atomic E-state index is 10.5. The number of carbonyl (C=O) groups is 1. The van der Waals surface area contributed by atoms with Gasteiger partial charge in [-0.25, -0.2) is 0 Å². The highest BCUT2D eigenvalue weighted by Gasteiger charge is 2.35. The Morgan fingerprint density at radius 1 is 1.60 bits per heavy atom. The van der Waals surface area contributed by atoms with E-state index in [0.717, 1.165) is 6.42 Å². The standard InChI is InChI=1S/C7H9ClO2/c8-7(6(9)10)4-2-1-3-5-7/h1-2H,3-5H2,(H,9,10). The maximum Gasteiger partial charge on any atom is 0.325 e. The van der Waals surface area contributed by atoms with Crippen LogP contribution in [-0.2, 0) is 4.79 Å². The fraction of sp³-hybridized carbons (Fsp3) is 0.571. The molecule has 0 saturated heterocycles. The van der Waals surface area contributed by atoms with E-state index < -0.39 is 10.8 Å². The molecule has 1 aliphatic carbocycles. The Hall–Kier alpha value is -0.500. The molecule has 0 aromatic rings. The van der Waals surface area contributed by atoms with Crippen LogP contribution in [0.3, 0.4) is 0 Å². The van der Waals surface area contributed by atoms with Crippen LogP contribution in [-0.4, -0.2) is 16.0 Å². The van der Waals surface area contributed by atoms with E-state index in [1.807, 2.05) is 12.2 Å². The second-order valence-electron chi connectivity index (χ2n) is 2.48. The molecule has 0 aromatic heterocycles. The Bertz CT molecular complexity index is 176. The molecule has 1 N–H and O–H groups in total. The van der Waals surface area contributed by atoms with Gasteiger partial charge in [0.25, 0.3) is 0 Å². The lowest BCUT2D eigenvalue weighted by Gasteiger charge is -2.22. The topological polar surface area (TPSA) is 37.3 Å². The number of halogens is 1. The molecule has 0 saturated carbocycles. The van der Waals surface area contributed by atoms with Crippen molar-refractivity contribution < 1.29 is 9.90 Å². The van der Waals surface area contributed by atoms with Crippen molar-refractivity contribution in [2.75, 3.05) is 0 Å². The molecule has 0 spiro atoms. The van der Waals surface area contributed by atoms with Gasteiger partial charge < -0.3 is 5.11 Å². The summed E-state index contributed by atoms with van der Waals surface area (Å²) in [6.45, 7) is 0. The molecular formula is C7H9ClO2. The lowest BCUT2D eigenvalue weighted by Crippen LogP contribution is -2.32. The van der Waals surface area contributed by atoms with Crippen LogP contribution in [0.25, 0.3) is 0 Å². The SMILES string of the molecule is O=C(O)C1(Cl)CC=CCC1. The number of rotatable bonds is 1. The van der Waals surface area contributed by atoms with Gasteiger partial charge in [0.2, 0.25) is 0 Å². The average Bonchev–Trinajstić information content (AvgIpc) is 1.89. The number of alkyl halides is 1. The van der Waals surface area contributed by atoms with E-state index in [4.69, 9.17) is 16.7 Å². The normalized spacial score (nSPS) is 32.1. The monoisotopic (exact) mass is 160 g/mol. The van der Waals surface area contributed by atoms with Crippen LogP contribution in [0, 0.1) is 0 Å². The van der Waals surface area contributed by atoms with E-state index in [1.165, 1.54) is 0 Å². The quantitative estimate of drug-likeness (QED) is 0.469. The lowest BCUT2D eigenvalue weighted by atomic mass is 9.94. The van der Waals surface area contributed by atoms with E-state index in [9.17, 15) is 4.79 Å². The third-order valence-electron chi connectivity index (χ3n) is 1.70. The Balaban J connectivity index is 2.68. The smallest absolute Gasteiger partial charge is 0.325 e. The number of carboxylic acid groups (broad SMARTS) is 1. The number of aliphatic carboxylic acids is 1. The summed E-state index contributed by atoms with van der Waals surface area (Å²) in [4.78, 5) is 9.49. The highest BCUT2D eigenvalue weighted by molar-refractivity contribution is 6.33. The van der Waals surface area contributed by atoms with E-state index in [0.29, 0.717) is 12.8 Å². The minimum Gasteiger partial charge on any atom is -0.480 e. The largest absolute Gasteiger partial charge is 0.480 e. The molecule has 0 aliphatic heterocycles. The number of hydrogen-bond donors (Lipinski definition) is 1. The van der Waals surface area contributed by atoms with Gasteiger partial charge in [0, 0.05) is 0 Å². The van der Waals surface area contributed by atoms with Crippen molar-refractivity contribution >= 4 is 17.6 Å². The first-order valence-electron chi connectivity index (χ1n) is 3.22. The Morgan fingerprint density at radius 3 is 2.60 bits per heavy atom. The molecular weight excluding hydrogens is 152 g/mol. The van der Waals surface area contributed by atoms with Gasteiger partial charge in [-0.3, -0.25) is 4.79 Å². The summed E-state index contributed by atoms with van der Waals surface area (Å²) in [7, 11) is 0. The van der Waals surface area contributed by atoms with Gasteiger partial charge in [-0.05, 0) is 19.3 Å². The van der Waals surface area contributed by atoms with Crippen LogP contribution < -0.4 is 0 Å². The molecule has 0 radical (unpaired) electrons. The molecule has 2 nitrogen and oxygen atoms in total. The second-order valence-corrected chi connectivity index (χ2v) is 3.21. The predicted octanol–water partition coefficient (Wildman–Crippen LogP) is 1.79. The van der Waals surface area contributed by atoms with Gasteiger partial charge in [0.05, 0.1) is 0 Å². The first-order valence-corrected chi connectivity index (χ1v) is 3.60. The molecule has 0 heterocycles.